The first-order valence-electron chi connectivity index (χ1n) is 13.3. The van der Waals surface area contributed by atoms with E-state index in [9.17, 15) is 35.4 Å². The summed E-state index contributed by atoms with van der Waals surface area (Å²) in [5.41, 5.74) is -2.03. The molecule has 0 radical (unpaired) electrons. The molecular formula is C28H36O16. The number of aliphatic hydroxyl groups is 5. The molecule has 244 valence electrons. The molecule has 0 aromatic heterocycles. The van der Waals surface area contributed by atoms with Gasteiger partial charge < -0.3 is 73.3 Å². The van der Waals surface area contributed by atoms with Crippen LogP contribution >= 0.6 is 0 Å². The lowest BCUT2D eigenvalue weighted by molar-refractivity contribution is -0.289. The zero-order valence-electron chi connectivity index (χ0n) is 24.3. The van der Waals surface area contributed by atoms with Gasteiger partial charge in [0.2, 0.25) is 12.0 Å². The van der Waals surface area contributed by atoms with Crippen LogP contribution < -0.4 is 23.7 Å². The molecule has 6 N–H and O–H groups in total. The Hall–Kier alpha value is -3.61. The minimum atomic E-state index is -2.05. The highest BCUT2D eigenvalue weighted by Gasteiger charge is 2.51. The number of methoxy groups -OCH3 is 4. The largest absolute Gasteiger partial charge is 0.504 e. The van der Waals surface area contributed by atoms with Crippen LogP contribution in [0.25, 0.3) is 0 Å². The summed E-state index contributed by atoms with van der Waals surface area (Å²) >= 11 is 0. The number of aromatic hydroxyl groups is 1. The van der Waals surface area contributed by atoms with E-state index in [-0.39, 0.29) is 34.3 Å². The van der Waals surface area contributed by atoms with Crippen LogP contribution in [-0.4, -0.2) is 134 Å². The quantitative estimate of drug-likeness (QED) is 0.154. The molecule has 2 saturated heterocycles. The van der Waals surface area contributed by atoms with Crippen LogP contribution in [-0.2, 0) is 18.9 Å². The summed E-state index contributed by atoms with van der Waals surface area (Å²) in [6, 6.07) is 6.65. The van der Waals surface area contributed by atoms with Crippen molar-refractivity contribution in [1.82, 2.24) is 0 Å². The number of hydrogen-bond donors (Lipinski definition) is 6. The highest BCUT2D eigenvalue weighted by molar-refractivity contribution is 5.90. The Morgan fingerprint density at radius 2 is 1.55 bits per heavy atom. The molecule has 2 aliphatic heterocycles. The van der Waals surface area contributed by atoms with Crippen LogP contribution in [0.4, 0.5) is 0 Å². The van der Waals surface area contributed by atoms with Crippen molar-refractivity contribution in [3.63, 3.8) is 0 Å². The summed E-state index contributed by atoms with van der Waals surface area (Å²) < 4.78 is 48.2. The molecule has 2 fully saturated rings. The lowest BCUT2D eigenvalue weighted by Gasteiger charge is -2.40. The van der Waals surface area contributed by atoms with Gasteiger partial charge in [0.25, 0.3) is 0 Å². The van der Waals surface area contributed by atoms with Crippen molar-refractivity contribution < 1.29 is 78.1 Å². The van der Waals surface area contributed by atoms with Gasteiger partial charge in [0.15, 0.2) is 34.9 Å². The van der Waals surface area contributed by atoms with Crippen molar-refractivity contribution in [2.45, 2.75) is 48.7 Å². The number of phenols is 1. The van der Waals surface area contributed by atoms with Crippen LogP contribution in [0.1, 0.15) is 10.4 Å². The normalized spacial score (nSPS) is 30.0. The van der Waals surface area contributed by atoms with E-state index in [0.29, 0.717) is 5.75 Å². The van der Waals surface area contributed by atoms with Crippen molar-refractivity contribution in [3.05, 3.63) is 35.9 Å². The van der Waals surface area contributed by atoms with E-state index in [1.54, 1.807) is 0 Å². The van der Waals surface area contributed by atoms with E-state index < -0.39 is 74.5 Å². The molecule has 0 bridgehead atoms. The number of ether oxygens (including phenoxy) is 9. The standard InChI is InChI=1S/C28H36O16/c1-36-16-7-13(5-6-15(16)29)25(34)41-11-28(35)12-42-27(24(28)33)40-10-19-20(30)21(31)22(32)26(44-19)43-14-8-17(37-2)23(39-4)18(9-14)38-3/h5-9,19-22,24,26-27,29-33,35H,10-12H2,1-4H3/t19-,20-,21+,22-,24+,26-,27-,28-/m1/s1. The highest BCUT2D eigenvalue weighted by Crippen LogP contribution is 2.41. The van der Waals surface area contributed by atoms with Gasteiger partial charge in [-0.1, -0.05) is 0 Å². The molecule has 16 nitrogen and oxygen atoms in total. The van der Waals surface area contributed by atoms with E-state index in [0.717, 1.165) is 0 Å². The van der Waals surface area contributed by atoms with Crippen molar-refractivity contribution in [1.29, 1.82) is 0 Å². The molecule has 4 rings (SSSR count). The second-order valence-corrected chi connectivity index (χ2v) is 10.0. The molecule has 44 heavy (non-hydrogen) atoms. The number of phenolic OH excluding ortho intramolecular Hbond substituents is 1. The maximum Gasteiger partial charge on any atom is 0.338 e. The van der Waals surface area contributed by atoms with Crippen molar-refractivity contribution in [2.24, 2.45) is 0 Å². The molecule has 2 aliphatic rings. The summed E-state index contributed by atoms with van der Waals surface area (Å²) in [7, 11) is 5.53. The third-order valence-corrected chi connectivity index (χ3v) is 7.16. The number of carbonyl (C=O) groups excluding carboxylic acids is 1. The lowest BCUT2D eigenvalue weighted by atomic mass is 9.99. The van der Waals surface area contributed by atoms with Crippen LogP contribution in [0.3, 0.4) is 0 Å². The molecule has 0 spiro atoms. The molecular weight excluding hydrogens is 592 g/mol. The van der Waals surface area contributed by atoms with Gasteiger partial charge in [0, 0.05) is 12.1 Å². The second-order valence-electron chi connectivity index (χ2n) is 10.0. The van der Waals surface area contributed by atoms with Crippen molar-refractivity contribution in [3.8, 4) is 34.5 Å². The van der Waals surface area contributed by atoms with Gasteiger partial charge in [-0.05, 0) is 18.2 Å². The first-order chi connectivity index (χ1) is 21.0. The van der Waals surface area contributed by atoms with E-state index in [1.807, 2.05) is 0 Å². The predicted molar refractivity (Wildman–Crippen MR) is 145 cm³/mol. The molecule has 2 heterocycles. The Labute approximate surface area is 251 Å². The van der Waals surface area contributed by atoms with Gasteiger partial charge in [-0.3, -0.25) is 0 Å². The minimum absolute atomic E-state index is 0.0249. The third-order valence-electron chi connectivity index (χ3n) is 7.16. The molecule has 0 saturated carbocycles. The summed E-state index contributed by atoms with van der Waals surface area (Å²) in [6.07, 6.45) is -10.9. The van der Waals surface area contributed by atoms with Crippen LogP contribution in [0.5, 0.6) is 34.5 Å². The monoisotopic (exact) mass is 628 g/mol. The van der Waals surface area contributed by atoms with E-state index >= 15 is 0 Å². The lowest BCUT2D eigenvalue weighted by Crippen LogP contribution is -2.60. The summed E-state index contributed by atoms with van der Waals surface area (Å²) in [6.45, 7) is -1.63. The van der Waals surface area contributed by atoms with E-state index in [2.05, 4.69) is 0 Å². The van der Waals surface area contributed by atoms with Gasteiger partial charge in [0.1, 0.15) is 42.9 Å². The van der Waals surface area contributed by atoms with Crippen molar-refractivity contribution in [2.75, 3.05) is 48.3 Å². The smallest absolute Gasteiger partial charge is 0.338 e. The van der Waals surface area contributed by atoms with E-state index in [4.69, 9.17) is 42.6 Å². The topological polar surface area (TPSA) is 222 Å². The zero-order valence-corrected chi connectivity index (χ0v) is 24.3. The maximum atomic E-state index is 12.5. The van der Waals surface area contributed by atoms with Gasteiger partial charge in [-0.2, -0.15) is 0 Å². The molecule has 16 heteroatoms. The number of rotatable bonds is 12. The fraction of sp³-hybridized carbons (Fsp3) is 0.536. The third kappa shape index (κ3) is 6.87. The average Bonchev–Trinajstić information content (AvgIpc) is 3.31. The minimum Gasteiger partial charge on any atom is -0.504 e. The number of aliphatic hydroxyl groups excluding tert-OH is 4. The van der Waals surface area contributed by atoms with Crippen molar-refractivity contribution >= 4 is 5.97 Å². The maximum absolute atomic E-state index is 12.5. The number of benzene rings is 2. The highest BCUT2D eigenvalue weighted by atomic mass is 16.7. The first kappa shape index (κ1) is 33.3. The van der Waals surface area contributed by atoms with Gasteiger partial charge in [-0.25, -0.2) is 4.79 Å². The summed E-state index contributed by atoms with van der Waals surface area (Å²) in [5.74, 6) is -0.0990. The molecule has 0 unspecified atom stereocenters. The van der Waals surface area contributed by atoms with E-state index in [1.165, 1.54) is 58.8 Å². The van der Waals surface area contributed by atoms with Gasteiger partial charge in [-0.15, -0.1) is 0 Å². The Morgan fingerprint density at radius 1 is 0.886 bits per heavy atom. The second kappa shape index (κ2) is 14.0. The molecule has 2 aromatic rings. The first-order valence-corrected chi connectivity index (χ1v) is 13.3. The van der Waals surface area contributed by atoms with Crippen LogP contribution in [0.2, 0.25) is 0 Å². The predicted octanol–water partition coefficient (Wildman–Crippen LogP) is -1.07. The number of esters is 1. The Balaban J connectivity index is 1.36. The molecule has 2 aromatic carbocycles. The SMILES string of the molecule is COc1cc(C(=O)OC[C@@]2(O)CO[C@@H](OC[C@H]3O[C@@H](Oc4cc(OC)c(OC)c(OC)c4)[C@H](O)[C@@H](O)[C@@H]3O)[C@@H]2O)ccc1O. The Bertz CT molecular complexity index is 1260. The van der Waals surface area contributed by atoms with Gasteiger partial charge >= 0.3 is 5.97 Å². The fourth-order valence-corrected chi connectivity index (χ4v) is 4.60. The number of hydrogen-bond acceptors (Lipinski definition) is 16. The fourth-order valence-electron chi connectivity index (χ4n) is 4.60. The molecule has 0 aliphatic carbocycles. The average molecular weight is 629 g/mol. The summed E-state index contributed by atoms with van der Waals surface area (Å²) in [4.78, 5) is 12.5. The van der Waals surface area contributed by atoms with Gasteiger partial charge in [0.05, 0.1) is 47.2 Å². The molecule has 8 atom stereocenters. The van der Waals surface area contributed by atoms with Crippen LogP contribution in [0, 0.1) is 0 Å². The Kier molecular flexibility index (Phi) is 10.6. The number of carbonyl (C=O) groups is 1. The molecule has 0 amide bonds. The Morgan fingerprint density at radius 3 is 2.16 bits per heavy atom. The van der Waals surface area contributed by atoms with Crippen LogP contribution in [0.15, 0.2) is 30.3 Å². The summed E-state index contributed by atoms with van der Waals surface area (Å²) in [5, 5.41) is 62.7. The zero-order chi connectivity index (χ0) is 32.2.